The van der Waals surface area contributed by atoms with E-state index < -0.39 is 0 Å². The number of nitrogens with zero attached hydrogens (tertiary/aromatic N) is 2. The lowest BCUT2D eigenvalue weighted by atomic mass is 10.1. The van der Waals surface area contributed by atoms with Gasteiger partial charge in [-0.3, -0.25) is 0 Å². The molecular weight excluding hydrogens is 236 g/mol. The normalized spacial score (nSPS) is 10.1. The van der Waals surface area contributed by atoms with Gasteiger partial charge < -0.3 is 15.4 Å². The molecule has 0 saturated heterocycles. The summed E-state index contributed by atoms with van der Waals surface area (Å²) in [5.41, 5.74) is 0. The first-order valence-electron chi connectivity index (χ1n) is 5.52. The molecule has 1 heterocycles. The molecule has 0 radical (unpaired) electrons. The fraction of sp³-hybridized carbons (Fsp3) is 0.545. The highest BCUT2D eigenvalue weighted by Gasteiger charge is 2.01. The number of nitrogens with one attached hydrogen (secondary N) is 2. The highest BCUT2D eigenvalue weighted by Crippen LogP contribution is 2.09. The van der Waals surface area contributed by atoms with Crippen molar-refractivity contribution >= 4 is 23.1 Å². The van der Waals surface area contributed by atoms with Gasteiger partial charge in [0.2, 0.25) is 5.88 Å². The van der Waals surface area contributed by atoms with Gasteiger partial charge in [-0.25, -0.2) is 9.97 Å². The van der Waals surface area contributed by atoms with Crippen LogP contribution in [0.25, 0.3) is 0 Å². The van der Waals surface area contributed by atoms with E-state index in [4.69, 9.17) is 17.0 Å². The second kappa shape index (κ2) is 7.01. The van der Waals surface area contributed by atoms with E-state index in [9.17, 15) is 0 Å². The zero-order valence-corrected chi connectivity index (χ0v) is 11.2. The maximum Gasteiger partial charge on any atom is 0.218 e. The summed E-state index contributed by atoms with van der Waals surface area (Å²) in [7, 11) is 1.56. The van der Waals surface area contributed by atoms with Crippen LogP contribution in [0.4, 0.5) is 5.82 Å². The Kier molecular flexibility index (Phi) is 5.62. The molecule has 0 aliphatic rings. The third-order valence-electron chi connectivity index (χ3n) is 2.10. The summed E-state index contributed by atoms with van der Waals surface area (Å²) in [6.45, 7) is 5.20. The molecule has 1 aromatic heterocycles. The Morgan fingerprint density at radius 3 is 2.88 bits per heavy atom. The lowest BCUT2D eigenvalue weighted by Crippen LogP contribution is -2.30. The Morgan fingerprint density at radius 2 is 2.24 bits per heavy atom. The van der Waals surface area contributed by atoms with Gasteiger partial charge in [0.05, 0.1) is 7.11 Å². The largest absolute Gasteiger partial charge is 0.481 e. The van der Waals surface area contributed by atoms with Crippen LogP contribution >= 0.6 is 12.2 Å². The van der Waals surface area contributed by atoms with E-state index in [1.54, 1.807) is 13.2 Å². The smallest absolute Gasteiger partial charge is 0.218 e. The predicted molar refractivity (Wildman–Crippen MR) is 72.3 cm³/mol. The van der Waals surface area contributed by atoms with Gasteiger partial charge in [-0.05, 0) is 24.6 Å². The van der Waals surface area contributed by atoms with Gasteiger partial charge >= 0.3 is 0 Å². The maximum atomic E-state index is 5.14. The molecule has 17 heavy (non-hydrogen) atoms. The molecule has 0 amide bonds. The van der Waals surface area contributed by atoms with Gasteiger partial charge in [-0.2, -0.15) is 0 Å². The molecule has 0 aromatic carbocycles. The Hall–Kier alpha value is -1.43. The standard InChI is InChI=1S/C11H18N4OS/c1-8(2)4-5-12-11(17)15-9-6-10(16-3)14-7-13-9/h6-8H,4-5H2,1-3H3,(H2,12,13,14,15,17). The van der Waals surface area contributed by atoms with E-state index in [2.05, 4.69) is 34.4 Å². The van der Waals surface area contributed by atoms with Crippen LogP contribution in [0, 0.1) is 5.92 Å². The first kappa shape index (κ1) is 13.6. The van der Waals surface area contributed by atoms with Crippen molar-refractivity contribution in [1.82, 2.24) is 15.3 Å². The van der Waals surface area contributed by atoms with Crippen LogP contribution in [-0.4, -0.2) is 28.7 Å². The summed E-state index contributed by atoms with van der Waals surface area (Å²) < 4.78 is 4.99. The summed E-state index contributed by atoms with van der Waals surface area (Å²) in [6.07, 6.45) is 2.51. The minimum absolute atomic E-state index is 0.507. The van der Waals surface area contributed by atoms with Crippen molar-refractivity contribution < 1.29 is 4.74 Å². The monoisotopic (exact) mass is 254 g/mol. The Balaban J connectivity index is 2.39. The highest BCUT2D eigenvalue weighted by molar-refractivity contribution is 7.80. The van der Waals surface area contributed by atoms with Crippen molar-refractivity contribution in [3.05, 3.63) is 12.4 Å². The number of rotatable bonds is 5. The van der Waals surface area contributed by atoms with Crippen molar-refractivity contribution in [3.8, 4) is 5.88 Å². The van der Waals surface area contributed by atoms with Gasteiger partial charge in [0, 0.05) is 12.6 Å². The molecule has 1 aromatic rings. The molecule has 0 aliphatic heterocycles. The average molecular weight is 254 g/mol. The molecule has 94 valence electrons. The van der Waals surface area contributed by atoms with Crippen molar-refractivity contribution in [2.45, 2.75) is 20.3 Å². The summed E-state index contributed by atoms with van der Waals surface area (Å²) in [5.74, 6) is 1.79. The van der Waals surface area contributed by atoms with E-state index in [0.717, 1.165) is 13.0 Å². The summed E-state index contributed by atoms with van der Waals surface area (Å²) in [6, 6.07) is 1.69. The second-order valence-electron chi connectivity index (χ2n) is 4.01. The lowest BCUT2D eigenvalue weighted by molar-refractivity contribution is 0.397. The molecule has 5 nitrogen and oxygen atoms in total. The molecule has 0 fully saturated rings. The van der Waals surface area contributed by atoms with Gasteiger partial charge in [-0.15, -0.1) is 0 Å². The SMILES string of the molecule is COc1cc(NC(=S)NCCC(C)C)ncn1. The Morgan fingerprint density at radius 1 is 1.47 bits per heavy atom. The summed E-state index contributed by atoms with van der Waals surface area (Å²) >= 11 is 5.14. The molecule has 0 unspecified atom stereocenters. The Labute approximate surface area is 107 Å². The van der Waals surface area contributed by atoms with Crippen LogP contribution in [-0.2, 0) is 0 Å². The topological polar surface area (TPSA) is 59.1 Å². The van der Waals surface area contributed by atoms with Crippen molar-refractivity contribution in [2.75, 3.05) is 19.0 Å². The van der Waals surface area contributed by atoms with E-state index in [1.807, 2.05) is 0 Å². The molecule has 2 N–H and O–H groups in total. The molecule has 0 aliphatic carbocycles. The molecule has 0 atom stereocenters. The third-order valence-corrected chi connectivity index (χ3v) is 2.35. The van der Waals surface area contributed by atoms with Gasteiger partial charge in [0.25, 0.3) is 0 Å². The number of hydrogen-bond donors (Lipinski definition) is 2. The number of anilines is 1. The molecule has 6 heteroatoms. The summed E-state index contributed by atoms with van der Waals surface area (Å²) in [5, 5.41) is 6.66. The third kappa shape index (κ3) is 5.44. The number of aromatic nitrogens is 2. The first-order chi connectivity index (χ1) is 8.11. The maximum absolute atomic E-state index is 5.14. The molecule has 1 rings (SSSR count). The van der Waals surface area contributed by atoms with Crippen molar-refractivity contribution in [3.63, 3.8) is 0 Å². The van der Waals surface area contributed by atoms with Crippen molar-refractivity contribution in [1.29, 1.82) is 0 Å². The van der Waals surface area contributed by atoms with E-state index >= 15 is 0 Å². The lowest BCUT2D eigenvalue weighted by Gasteiger charge is -2.11. The van der Waals surface area contributed by atoms with E-state index in [0.29, 0.717) is 22.7 Å². The van der Waals surface area contributed by atoms with Gasteiger partial charge in [0.15, 0.2) is 5.11 Å². The van der Waals surface area contributed by atoms with E-state index in [-0.39, 0.29) is 0 Å². The zero-order chi connectivity index (χ0) is 12.7. The van der Waals surface area contributed by atoms with Crippen LogP contribution in [0.5, 0.6) is 5.88 Å². The van der Waals surface area contributed by atoms with Crippen LogP contribution in [0.3, 0.4) is 0 Å². The van der Waals surface area contributed by atoms with E-state index in [1.165, 1.54) is 6.33 Å². The van der Waals surface area contributed by atoms with Crippen molar-refractivity contribution in [2.24, 2.45) is 5.92 Å². The minimum Gasteiger partial charge on any atom is -0.481 e. The molecular formula is C11H18N4OS. The molecule has 0 saturated carbocycles. The van der Waals surface area contributed by atoms with Gasteiger partial charge in [-0.1, -0.05) is 13.8 Å². The number of methoxy groups -OCH3 is 1. The second-order valence-corrected chi connectivity index (χ2v) is 4.42. The zero-order valence-electron chi connectivity index (χ0n) is 10.4. The van der Waals surface area contributed by atoms with Crippen LogP contribution in [0.2, 0.25) is 0 Å². The minimum atomic E-state index is 0.507. The number of hydrogen-bond acceptors (Lipinski definition) is 4. The number of thiocarbonyl (C=S) groups is 1. The van der Waals surface area contributed by atoms with Crippen LogP contribution in [0.1, 0.15) is 20.3 Å². The van der Waals surface area contributed by atoms with Crippen LogP contribution < -0.4 is 15.4 Å². The molecule has 0 bridgehead atoms. The average Bonchev–Trinajstić information content (AvgIpc) is 2.28. The fourth-order valence-corrected chi connectivity index (χ4v) is 1.36. The molecule has 0 spiro atoms. The predicted octanol–water partition coefficient (Wildman–Crippen LogP) is 1.82. The number of ether oxygens (including phenoxy) is 1. The Bertz CT molecular complexity index is 370. The highest BCUT2D eigenvalue weighted by atomic mass is 32.1. The quantitative estimate of drug-likeness (QED) is 0.782. The summed E-state index contributed by atoms with van der Waals surface area (Å²) in [4.78, 5) is 7.95. The van der Waals surface area contributed by atoms with Gasteiger partial charge in [0.1, 0.15) is 12.1 Å². The fourth-order valence-electron chi connectivity index (χ4n) is 1.15. The first-order valence-corrected chi connectivity index (χ1v) is 5.93. The van der Waals surface area contributed by atoms with Crippen LogP contribution in [0.15, 0.2) is 12.4 Å².